The zero-order valence-corrected chi connectivity index (χ0v) is 11.1. The average molecular weight is 311 g/mol. The number of hydrogen-bond donors (Lipinski definition) is 4. The first-order chi connectivity index (χ1) is 9.79. The molecule has 0 aliphatic carbocycles. The maximum Gasteiger partial charge on any atom is 0.335 e. The molecule has 2 aromatic rings. The maximum atomic E-state index is 12.0. The molecule has 2 rings (SSSR count). The minimum atomic E-state index is -4.26. The van der Waals surface area contributed by atoms with Crippen LogP contribution in [-0.4, -0.2) is 29.5 Å². The Bertz CT molecular complexity index is 912. The molecule has 0 aliphatic heterocycles. The van der Waals surface area contributed by atoms with Crippen molar-refractivity contribution in [2.24, 2.45) is 0 Å². The number of carbonyl (C=O) groups is 1. The van der Waals surface area contributed by atoms with Crippen LogP contribution in [0.1, 0.15) is 10.4 Å². The monoisotopic (exact) mass is 311 g/mol. The van der Waals surface area contributed by atoms with Crippen molar-refractivity contribution in [1.29, 1.82) is 0 Å². The zero-order valence-electron chi connectivity index (χ0n) is 10.3. The Morgan fingerprint density at radius 3 is 2.57 bits per heavy atom. The number of hydrogen-bond acceptors (Lipinski definition) is 5. The molecule has 1 heterocycles. The summed E-state index contributed by atoms with van der Waals surface area (Å²) in [4.78, 5) is 36.3. The van der Waals surface area contributed by atoms with Crippen LogP contribution in [-0.2, 0) is 10.0 Å². The first-order valence-electron chi connectivity index (χ1n) is 5.48. The van der Waals surface area contributed by atoms with Gasteiger partial charge in [0.1, 0.15) is 0 Å². The molecule has 10 heteroatoms. The number of rotatable bonds is 4. The third kappa shape index (κ3) is 3.17. The van der Waals surface area contributed by atoms with Crippen molar-refractivity contribution in [3.63, 3.8) is 0 Å². The SMILES string of the molecule is O=C(O)c1cccc(NS(=O)(=O)c2c[nH]c(=O)[nH]c2=O)c1. The molecule has 0 aliphatic rings. The summed E-state index contributed by atoms with van der Waals surface area (Å²) in [6, 6.07) is 5.05. The van der Waals surface area contributed by atoms with E-state index in [1.807, 2.05) is 4.98 Å². The van der Waals surface area contributed by atoms with Crippen molar-refractivity contribution in [2.45, 2.75) is 4.90 Å². The van der Waals surface area contributed by atoms with Crippen molar-refractivity contribution in [3.05, 3.63) is 56.9 Å². The third-order valence-corrected chi connectivity index (χ3v) is 3.82. The second kappa shape index (κ2) is 5.25. The molecule has 110 valence electrons. The highest BCUT2D eigenvalue weighted by Crippen LogP contribution is 2.14. The lowest BCUT2D eigenvalue weighted by Crippen LogP contribution is -2.29. The molecule has 0 amide bonds. The molecule has 0 spiro atoms. The normalized spacial score (nSPS) is 11.0. The fraction of sp³-hybridized carbons (Fsp3) is 0. The van der Waals surface area contributed by atoms with Gasteiger partial charge in [0.05, 0.1) is 5.56 Å². The van der Waals surface area contributed by atoms with Crippen LogP contribution in [0.5, 0.6) is 0 Å². The second-order valence-electron chi connectivity index (χ2n) is 3.93. The van der Waals surface area contributed by atoms with Gasteiger partial charge in [-0.1, -0.05) is 6.07 Å². The number of aromatic carboxylic acids is 1. The number of carboxylic acids is 1. The van der Waals surface area contributed by atoms with Gasteiger partial charge in [0.25, 0.3) is 15.6 Å². The number of sulfonamides is 1. The molecule has 4 N–H and O–H groups in total. The van der Waals surface area contributed by atoms with E-state index < -0.39 is 32.1 Å². The molecule has 0 saturated carbocycles. The van der Waals surface area contributed by atoms with Crippen LogP contribution in [0.15, 0.2) is 44.9 Å². The molecule has 9 nitrogen and oxygen atoms in total. The molecule has 0 saturated heterocycles. The van der Waals surface area contributed by atoms with E-state index in [9.17, 15) is 22.8 Å². The van der Waals surface area contributed by atoms with Gasteiger partial charge in [-0.25, -0.2) is 18.0 Å². The number of aromatic amines is 2. The first kappa shape index (κ1) is 14.5. The molecule has 21 heavy (non-hydrogen) atoms. The lowest BCUT2D eigenvalue weighted by Gasteiger charge is -2.07. The van der Waals surface area contributed by atoms with E-state index in [1.54, 1.807) is 4.98 Å². The van der Waals surface area contributed by atoms with Crippen LogP contribution in [0, 0.1) is 0 Å². The van der Waals surface area contributed by atoms with E-state index in [2.05, 4.69) is 4.72 Å². The Kier molecular flexibility index (Phi) is 3.63. The topological polar surface area (TPSA) is 149 Å². The van der Waals surface area contributed by atoms with Crippen molar-refractivity contribution < 1.29 is 18.3 Å². The smallest absolute Gasteiger partial charge is 0.335 e. The zero-order chi connectivity index (χ0) is 15.6. The summed E-state index contributed by atoms with van der Waals surface area (Å²) in [5.41, 5.74) is -2.07. The molecular weight excluding hydrogens is 302 g/mol. The fourth-order valence-electron chi connectivity index (χ4n) is 1.52. The van der Waals surface area contributed by atoms with Crippen molar-refractivity contribution in [3.8, 4) is 0 Å². The summed E-state index contributed by atoms with van der Waals surface area (Å²) in [6.07, 6.45) is 0.755. The summed E-state index contributed by atoms with van der Waals surface area (Å²) in [7, 11) is -4.26. The minimum absolute atomic E-state index is 0.0273. The van der Waals surface area contributed by atoms with E-state index in [4.69, 9.17) is 5.11 Å². The highest BCUT2D eigenvalue weighted by molar-refractivity contribution is 7.92. The molecule has 0 unspecified atom stereocenters. The van der Waals surface area contributed by atoms with Crippen molar-refractivity contribution >= 4 is 21.7 Å². The number of carboxylic acid groups (broad SMARTS) is 1. The fourth-order valence-corrected chi connectivity index (χ4v) is 2.58. The summed E-state index contributed by atoms with van der Waals surface area (Å²) in [5.74, 6) is -1.22. The third-order valence-electron chi connectivity index (χ3n) is 2.44. The van der Waals surface area contributed by atoms with Gasteiger partial charge >= 0.3 is 11.7 Å². The molecule has 0 atom stereocenters. The Labute approximate surface area is 117 Å². The lowest BCUT2D eigenvalue weighted by atomic mass is 10.2. The molecule has 0 fully saturated rings. The highest BCUT2D eigenvalue weighted by atomic mass is 32.2. The number of nitrogens with one attached hydrogen (secondary N) is 3. The van der Waals surface area contributed by atoms with Gasteiger partial charge in [0.15, 0.2) is 4.90 Å². The Morgan fingerprint density at radius 2 is 1.95 bits per heavy atom. The van der Waals surface area contributed by atoms with Crippen LogP contribution >= 0.6 is 0 Å². The minimum Gasteiger partial charge on any atom is -0.478 e. The van der Waals surface area contributed by atoms with Gasteiger partial charge in [-0.05, 0) is 18.2 Å². The predicted octanol–water partition coefficient (Wildman–Crippen LogP) is -0.438. The van der Waals surface area contributed by atoms with Crippen LogP contribution < -0.4 is 16.0 Å². The summed E-state index contributed by atoms with van der Waals surface area (Å²) >= 11 is 0. The predicted molar refractivity (Wildman–Crippen MR) is 71.9 cm³/mol. The van der Waals surface area contributed by atoms with E-state index in [0.717, 1.165) is 12.3 Å². The van der Waals surface area contributed by atoms with Crippen molar-refractivity contribution in [2.75, 3.05) is 4.72 Å². The number of aromatic nitrogens is 2. The van der Waals surface area contributed by atoms with Crippen LogP contribution in [0.2, 0.25) is 0 Å². The van der Waals surface area contributed by atoms with Gasteiger partial charge in [0.2, 0.25) is 0 Å². The Balaban J connectivity index is 2.42. The van der Waals surface area contributed by atoms with Gasteiger partial charge in [-0.15, -0.1) is 0 Å². The van der Waals surface area contributed by atoms with E-state index in [-0.39, 0.29) is 11.3 Å². The highest BCUT2D eigenvalue weighted by Gasteiger charge is 2.19. The van der Waals surface area contributed by atoms with Gasteiger partial charge in [0, 0.05) is 11.9 Å². The quantitative estimate of drug-likeness (QED) is 0.601. The average Bonchev–Trinajstić information content (AvgIpc) is 2.37. The summed E-state index contributed by atoms with van der Waals surface area (Å²) in [6.45, 7) is 0. The summed E-state index contributed by atoms with van der Waals surface area (Å²) < 4.78 is 26.1. The maximum absolute atomic E-state index is 12.0. The number of anilines is 1. The van der Waals surface area contributed by atoms with Crippen LogP contribution in [0.25, 0.3) is 0 Å². The molecule has 1 aromatic heterocycles. The molecule has 0 bridgehead atoms. The molecule has 1 aromatic carbocycles. The lowest BCUT2D eigenvalue weighted by molar-refractivity contribution is 0.0697. The van der Waals surface area contributed by atoms with Crippen LogP contribution in [0.4, 0.5) is 5.69 Å². The van der Waals surface area contributed by atoms with Gasteiger partial charge < -0.3 is 10.1 Å². The summed E-state index contributed by atoms with van der Waals surface area (Å²) in [5, 5.41) is 8.83. The Hall–Kier alpha value is -2.88. The van der Waals surface area contributed by atoms with Gasteiger partial charge in [-0.3, -0.25) is 14.5 Å². The largest absolute Gasteiger partial charge is 0.478 e. The van der Waals surface area contributed by atoms with Gasteiger partial charge in [-0.2, -0.15) is 0 Å². The van der Waals surface area contributed by atoms with E-state index in [1.165, 1.54) is 18.2 Å². The van der Waals surface area contributed by atoms with E-state index >= 15 is 0 Å². The first-order valence-corrected chi connectivity index (χ1v) is 6.96. The molecule has 0 radical (unpaired) electrons. The van der Waals surface area contributed by atoms with Crippen LogP contribution in [0.3, 0.4) is 0 Å². The van der Waals surface area contributed by atoms with E-state index in [0.29, 0.717) is 0 Å². The number of benzene rings is 1. The molecular formula is C11H9N3O6S. The van der Waals surface area contributed by atoms with Crippen molar-refractivity contribution in [1.82, 2.24) is 9.97 Å². The standard InChI is InChI=1S/C11H9N3O6S/c15-9-8(5-12-11(18)13-9)21(19,20)14-7-3-1-2-6(4-7)10(16)17/h1-5,14H,(H,16,17)(H2,12,13,15,18). The Morgan fingerprint density at radius 1 is 1.24 bits per heavy atom. The second-order valence-corrected chi connectivity index (χ2v) is 5.58. The number of H-pyrrole nitrogens is 2.